The molecule has 0 aromatic heterocycles. The van der Waals surface area contributed by atoms with Gasteiger partial charge in [0.1, 0.15) is 11.6 Å². The van der Waals surface area contributed by atoms with E-state index >= 15 is 0 Å². The lowest BCUT2D eigenvalue weighted by Crippen LogP contribution is -2.30. The summed E-state index contributed by atoms with van der Waals surface area (Å²) < 4.78 is 0. The highest BCUT2D eigenvalue weighted by Gasteiger charge is 2.34. The smallest absolute Gasteiger partial charge is 0.163 e. The topological polar surface area (TPSA) is 68.3 Å². The van der Waals surface area contributed by atoms with Crippen molar-refractivity contribution in [2.24, 2.45) is 17.8 Å². The van der Waals surface area contributed by atoms with Gasteiger partial charge in [0, 0.05) is 23.5 Å². The molecule has 2 aromatic carbocycles. The molecule has 0 radical (unpaired) electrons. The Morgan fingerprint density at radius 3 is 2.35 bits per heavy atom. The lowest BCUT2D eigenvalue weighted by atomic mass is 9.70. The minimum absolute atomic E-state index is 0.000772. The number of hydrogen-bond acceptors (Lipinski definition) is 4. The monoisotopic (exact) mass is 502 g/mol. The molecule has 1 aliphatic carbocycles. The third kappa shape index (κ3) is 6.52. The Kier molecular flexibility index (Phi) is 9.75. The van der Waals surface area contributed by atoms with Crippen molar-refractivity contribution in [3.05, 3.63) is 58.1 Å². The van der Waals surface area contributed by atoms with Crippen LogP contribution in [0.15, 0.2) is 30.3 Å². The van der Waals surface area contributed by atoms with Gasteiger partial charge in [0.15, 0.2) is 11.6 Å². The molecule has 0 saturated carbocycles. The van der Waals surface area contributed by atoms with Crippen LogP contribution < -0.4 is 0 Å². The fourth-order valence-corrected chi connectivity index (χ4v) is 6.39. The Morgan fingerprint density at radius 2 is 1.76 bits per heavy atom. The van der Waals surface area contributed by atoms with Gasteiger partial charge >= 0.3 is 0 Å². The van der Waals surface area contributed by atoms with Crippen LogP contribution in [0.1, 0.15) is 111 Å². The zero-order chi connectivity index (χ0) is 27.3. The van der Waals surface area contributed by atoms with Crippen LogP contribution in [0.25, 0.3) is 11.1 Å². The minimum Gasteiger partial charge on any atom is -0.300 e. The molecule has 1 aliphatic rings. The summed E-state index contributed by atoms with van der Waals surface area (Å²) in [6, 6.07) is 9.92. The molecule has 3 rings (SSSR count). The average Bonchev–Trinajstić information content (AvgIpc) is 2.84. The Bertz CT molecular complexity index is 1190. The first-order valence-corrected chi connectivity index (χ1v) is 13.9. The van der Waals surface area contributed by atoms with Crippen LogP contribution in [-0.4, -0.2) is 23.1 Å². The van der Waals surface area contributed by atoms with Crippen molar-refractivity contribution in [1.82, 2.24) is 0 Å². The number of rotatable bonds is 12. The Labute approximate surface area is 222 Å². The fourth-order valence-electron chi connectivity index (χ4n) is 6.39. The van der Waals surface area contributed by atoms with Gasteiger partial charge in [-0.05, 0) is 92.2 Å². The summed E-state index contributed by atoms with van der Waals surface area (Å²) in [6.07, 6.45) is 5.52. The van der Waals surface area contributed by atoms with Crippen molar-refractivity contribution in [3.63, 3.8) is 0 Å². The zero-order valence-corrected chi connectivity index (χ0v) is 23.4. The fraction of sp³-hybridized carbons (Fsp3) is 0.515. The summed E-state index contributed by atoms with van der Waals surface area (Å²) >= 11 is 0. The van der Waals surface area contributed by atoms with E-state index in [1.807, 2.05) is 31.2 Å². The van der Waals surface area contributed by atoms with Crippen molar-refractivity contribution in [1.29, 1.82) is 0 Å². The summed E-state index contributed by atoms with van der Waals surface area (Å²) in [5, 5.41) is 0. The van der Waals surface area contributed by atoms with E-state index < -0.39 is 0 Å². The van der Waals surface area contributed by atoms with Crippen LogP contribution in [-0.2, 0) is 22.4 Å². The molecule has 4 heteroatoms. The summed E-state index contributed by atoms with van der Waals surface area (Å²) in [6.45, 7) is 11.4. The molecule has 4 nitrogen and oxygen atoms in total. The molecule has 0 aliphatic heterocycles. The van der Waals surface area contributed by atoms with Gasteiger partial charge in [-0.2, -0.15) is 0 Å². The van der Waals surface area contributed by atoms with E-state index in [1.54, 1.807) is 6.92 Å². The molecule has 37 heavy (non-hydrogen) atoms. The molecule has 0 saturated heterocycles. The highest BCUT2D eigenvalue weighted by molar-refractivity contribution is 6.03. The number of fused-ring (bicyclic) bond motifs is 1. The SMILES string of the molecule is CCCC(CC1CC(=O)c2c(C)c(CC)cc(-c3cccc(C(C)=O)c3)c2C1)C(CC)C(=O)CC(C)=O. The van der Waals surface area contributed by atoms with Crippen molar-refractivity contribution in [3.8, 4) is 11.1 Å². The second-order valence-corrected chi connectivity index (χ2v) is 10.9. The van der Waals surface area contributed by atoms with Crippen molar-refractivity contribution < 1.29 is 19.2 Å². The lowest BCUT2D eigenvalue weighted by Gasteiger charge is -2.33. The maximum absolute atomic E-state index is 13.6. The molecule has 2 aromatic rings. The Hall–Kier alpha value is -2.88. The van der Waals surface area contributed by atoms with Gasteiger partial charge in [-0.15, -0.1) is 0 Å². The Balaban J connectivity index is 2.03. The number of carbonyl (C=O) groups excluding carboxylic acids is 4. The second kappa shape index (κ2) is 12.6. The van der Waals surface area contributed by atoms with Gasteiger partial charge in [0.2, 0.25) is 0 Å². The van der Waals surface area contributed by atoms with Gasteiger partial charge in [-0.25, -0.2) is 0 Å². The van der Waals surface area contributed by atoms with E-state index in [9.17, 15) is 19.2 Å². The molecule has 3 atom stereocenters. The molecule has 0 N–H and O–H groups in total. The number of aryl methyl sites for hydroxylation is 1. The van der Waals surface area contributed by atoms with Crippen LogP contribution >= 0.6 is 0 Å². The number of Topliss-reactive ketones (excluding diaryl/α,β-unsaturated/α-hetero) is 4. The van der Waals surface area contributed by atoms with Crippen molar-refractivity contribution >= 4 is 23.1 Å². The van der Waals surface area contributed by atoms with E-state index in [0.717, 1.165) is 66.3 Å². The van der Waals surface area contributed by atoms with Crippen LogP contribution in [0.4, 0.5) is 0 Å². The number of benzene rings is 2. The van der Waals surface area contributed by atoms with Gasteiger partial charge in [0.05, 0.1) is 6.42 Å². The summed E-state index contributed by atoms with van der Waals surface area (Å²) in [5.41, 5.74) is 6.85. The van der Waals surface area contributed by atoms with Crippen LogP contribution in [0.3, 0.4) is 0 Å². The van der Waals surface area contributed by atoms with E-state index in [1.165, 1.54) is 12.5 Å². The Morgan fingerprint density at radius 1 is 1.03 bits per heavy atom. The quantitative estimate of drug-likeness (QED) is 0.222. The normalized spacial score (nSPS) is 16.7. The molecule has 3 unspecified atom stereocenters. The predicted molar refractivity (Wildman–Crippen MR) is 149 cm³/mol. The molecule has 198 valence electrons. The summed E-state index contributed by atoms with van der Waals surface area (Å²) in [7, 11) is 0. The highest BCUT2D eigenvalue weighted by Crippen LogP contribution is 2.41. The molecule has 0 fully saturated rings. The number of ketones is 4. The third-order valence-corrected chi connectivity index (χ3v) is 8.15. The zero-order valence-electron chi connectivity index (χ0n) is 23.4. The number of hydrogen-bond donors (Lipinski definition) is 0. The van der Waals surface area contributed by atoms with E-state index in [2.05, 4.69) is 26.8 Å². The molecule has 0 heterocycles. The van der Waals surface area contributed by atoms with E-state index in [4.69, 9.17) is 0 Å². The summed E-state index contributed by atoms with van der Waals surface area (Å²) in [4.78, 5) is 50.3. The van der Waals surface area contributed by atoms with Crippen LogP contribution in [0.2, 0.25) is 0 Å². The minimum atomic E-state index is -0.142. The van der Waals surface area contributed by atoms with Crippen molar-refractivity contribution in [2.75, 3.05) is 0 Å². The average molecular weight is 503 g/mol. The second-order valence-electron chi connectivity index (χ2n) is 10.9. The van der Waals surface area contributed by atoms with Gasteiger partial charge in [-0.3, -0.25) is 19.2 Å². The van der Waals surface area contributed by atoms with Gasteiger partial charge in [-0.1, -0.05) is 57.9 Å². The predicted octanol–water partition coefficient (Wildman–Crippen LogP) is 7.55. The molecule has 0 spiro atoms. The van der Waals surface area contributed by atoms with Crippen LogP contribution in [0.5, 0.6) is 0 Å². The van der Waals surface area contributed by atoms with Gasteiger partial charge in [0.25, 0.3) is 0 Å². The molecular weight excluding hydrogens is 460 g/mol. The first kappa shape index (κ1) is 28.7. The third-order valence-electron chi connectivity index (χ3n) is 8.15. The van der Waals surface area contributed by atoms with Crippen molar-refractivity contribution in [2.45, 2.75) is 92.9 Å². The first-order valence-electron chi connectivity index (χ1n) is 13.9. The maximum atomic E-state index is 13.6. The molecular formula is C33H42O4. The van der Waals surface area contributed by atoms with Gasteiger partial charge < -0.3 is 0 Å². The highest BCUT2D eigenvalue weighted by atomic mass is 16.1. The lowest BCUT2D eigenvalue weighted by molar-refractivity contribution is -0.129. The van der Waals surface area contributed by atoms with E-state index in [-0.39, 0.29) is 47.3 Å². The maximum Gasteiger partial charge on any atom is 0.163 e. The largest absolute Gasteiger partial charge is 0.300 e. The summed E-state index contributed by atoms with van der Waals surface area (Å²) in [5.74, 6) is 0.341. The molecule has 0 amide bonds. The van der Waals surface area contributed by atoms with Crippen LogP contribution in [0, 0.1) is 24.7 Å². The number of carbonyl (C=O) groups is 4. The first-order chi connectivity index (χ1) is 17.6. The van der Waals surface area contributed by atoms with E-state index in [0.29, 0.717) is 12.0 Å². The molecule has 0 bridgehead atoms. The standard InChI is InChI=1S/C33H42O4/c1-7-11-26(28(9-3)31(36)14-20(4)34)15-23-16-30-29(27-13-10-12-25(18-27)22(6)35)19-24(8-2)21(5)33(30)32(37)17-23/h10,12-13,18-19,23,26,28H,7-9,11,14-17H2,1-6H3.